The molecule has 4 aliphatic rings. The fourth-order valence-corrected chi connectivity index (χ4v) is 4.05. The fraction of sp³-hybridized carbons (Fsp3) is 1.00. The first kappa shape index (κ1) is 9.00. The topological polar surface area (TPSA) is 25.1 Å². The van der Waals surface area contributed by atoms with Crippen LogP contribution < -0.4 is 0 Å². The molecular formula is C13H20O2. The first-order chi connectivity index (χ1) is 7.24. The Morgan fingerprint density at radius 3 is 2.53 bits per heavy atom. The van der Waals surface area contributed by atoms with Gasteiger partial charge in [0, 0.05) is 0 Å². The molecule has 2 heterocycles. The minimum absolute atomic E-state index is 0.564. The summed E-state index contributed by atoms with van der Waals surface area (Å²) in [5, 5.41) is 0. The van der Waals surface area contributed by atoms with Crippen molar-refractivity contribution in [2.24, 2.45) is 11.3 Å². The Labute approximate surface area is 91.3 Å². The van der Waals surface area contributed by atoms with Gasteiger partial charge in [-0.15, -0.1) is 0 Å². The minimum atomic E-state index is 0.564. The van der Waals surface area contributed by atoms with E-state index >= 15 is 0 Å². The number of fused-ring (bicyclic) bond motifs is 2. The fourth-order valence-electron chi connectivity index (χ4n) is 4.05. The van der Waals surface area contributed by atoms with Crippen LogP contribution in [0.3, 0.4) is 0 Å². The largest absolute Gasteiger partial charge is 0.370 e. The molecule has 2 saturated heterocycles. The zero-order valence-corrected chi connectivity index (χ0v) is 9.45. The number of ether oxygens (including phenoxy) is 2. The van der Waals surface area contributed by atoms with Crippen LogP contribution in [0, 0.1) is 11.3 Å². The Balaban J connectivity index is 1.49. The van der Waals surface area contributed by atoms with Crippen LogP contribution >= 0.6 is 0 Å². The van der Waals surface area contributed by atoms with Gasteiger partial charge in [0.2, 0.25) is 0 Å². The molecule has 0 spiro atoms. The number of hydrogen-bond acceptors (Lipinski definition) is 2. The van der Waals surface area contributed by atoms with Gasteiger partial charge in [0.15, 0.2) is 0 Å². The summed E-state index contributed by atoms with van der Waals surface area (Å²) in [6.07, 6.45) is 10.6. The van der Waals surface area contributed by atoms with Gasteiger partial charge in [-0.3, -0.25) is 0 Å². The SMILES string of the molecule is CC1(C2CCC3OC3C2)CCC2OC2C1. The lowest BCUT2D eigenvalue weighted by molar-refractivity contribution is 0.103. The lowest BCUT2D eigenvalue weighted by atomic mass is 9.63. The molecule has 4 fully saturated rings. The van der Waals surface area contributed by atoms with Gasteiger partial charge in [0.25, 0.3) is 0 Å². The second-order valence-corrected chi connectivity index (χ2v) is 6.33. The van der Waals surface area contributed by atoms with Crippen LogP contribution in [0.5, 0.6) is 0 Å². The average Bonchev–Trinajstić information content (AvgIpc) is 3.11. The molecule has 0 aromatic rings. The molecule has 15 heavy (non-hydrogen) atoms. The van der Waals surface area contributed by atoms with Crippen molar-refractivity contribution in [3.05, 3.63) is 0 Å². The molecule has 4 rings (SSSR count). The summed E-state index contributed by atoms with van der Waals surface area (Å²) >= 11 is 0. The third-order valence-corrected chi connectivity index (χ3v) is 5.34. The predicted molar refractivity (Wildman–Crippen MR) is 56.6 cm³/mol. The molecule has 2 nitrogen and oxygen atoms in total. The molecule has 0 radical (unpaired) electrons. The second-order valence-electron chi connectivity index (χ2n) is 6.33. The van der Waals surface area contributed by atoms with E-state index in [4.69, 9.17) is 9.47 Å². The Morgan fingerprint density at radius 2 is 1.73 bits per heavy atom. The molecular weight excluding hydrogens is 188 g/mol. The van der Waals surface area contributed by atoms with E-state index in [9.17, 15) is 0 Å². The van der Waals surface area contributed by atoms with E-state index in [2.05, 4.69) is 6.92 Å². The maximum absolute atomic E-state index is 5.67. The first-order valence-corrected chi connectivity index (χ1v) is 6.55. The standard InChI is InChI=1S/C13H20O2/c1-13(5-4-10-12(7-13)15-10)8-2-3-9-11(6-8)14-9/h8-12H,2-7H2,1H3. The van der Waals surface area contributed by atoms with Crippen molar-refractivity contribution >= 4 is 0 Å². The zero-order valence-electron chi connectivity index (χ0n) is 9.45. The van der Waals surface area contributed by atoms with Gasteiger partial charge in [-0.05, 0) is 49.9 Å². The quantitative estimate of drug-likeness (QED) is 0.619. The smallest absolute Gasteiger partial charge is 0.0847 e. The highest BCUT2D eigenvalue weighted by molar-refractivity contribution is 5.03. The van der Waals surface area contributed by atoms with Gasteiger partial charge in [-0.1, -0.05) is 6.92 Å². The van der Waals surface area contributed by atoms with Crippen LogP contribution in [0.25, 0.3) is 0 Å². The van der Waals surface area contributed by atoms with Crippen LogP contribution in [0.15, 0.2) is 0 Å². The number of hydrogen-bond donors (Lipinski definition) is 0. The molecule has 6 unspecified atom stereocenters. The van der Waals surface area contributed by atoms with Crippen LogP contribution in [-0.2, 0) is 9.47 Å². The zero-order chi connectivity index (χ0) is 10.0. The summed E-state index contributed by atoms with van der Waals surface area (Å²) in [7, 11) is 0. The molecule has 0 aromatic carbocycles. The molecule has 2 aliphatic heterocycles. The third-order valence-electron chi connectivity index (χ3n) is 5.34. The van der Waals surface area contributed by atoms with Crippen molar-refractivity contribution in [3.63, 3.8) is 0 Å². The van der Waals surface area contributed by atoms with Crippen LogP contribution in [0.1, 0.15) is 45.4 Å². The van der Waals surface area contributed by atoms with Gasteiger partial charge in [0.1, 0.15) is 0 Å². The second kappa shape index (κ2) is 2.78. The Morgan fingerprint density at radius 1 is 0.933 bits per heavy atom. The van der Waals surface area contributed by atoms with Crippen molar-refractivity contribution in [1.82, 2.24) is 0 Å². The Hall–Kier alpha value is -0.0800. The highest BCUT2D eigenvalue weighted by Gasteiger charge is 2.54. The molecule has 0 amide bonds. The molecule has 84 valence electrons. The van der Waals surface area contributed by atoms with Gasteiger partial charge in [-0.25, -0.2) is 0 Å². The van der Waals surface area contributed by atoms with Crippen molar-refractivity contribution in [3.8, 4) is 0 Å². The van der Waals surface area contributed by atoms with Crippen molar-refractivity contribution in [2.75, 3.05) is 0 Å². The molecule has 0 N–H and O–H groups in total. The third kappa shape index (κ3) is 1.38. The molecule has 2 aliphatic carbocycles. The predicted octanol–water partition coefficient (Wildman–Crippen LogP) is 2.51. The maximum Gasteiger partial charge on any atom is 0.0847 e. The summed E-state index contributed by atoms with van der Waals surface area (Å²) in [6, 6.07) is 0. The van der Waals surface area contributed by atoms with E-state index in [0.29, 0.717) is 29.8 Å². The van der Waals surface area contributed by atoms with E-state index in [1.807, 2.05) is 0 Å². The first-order valence-electron chi connectivity index (χ1n) is 6.55. The molecule has 2 heteroatoms. The van der Waals surface area contributed by atoms with Crippen LogP contribution in [-0.4, -0.2) is 24.4 Å². The maximum atomic E-state index is 5.67. The van der Waals surface area contributed by atoms with E-state index in [1.54, 1.807) is 0 Å². The minimum Gasteiger partial charge on any atom is -0.370 e. The summed E-state index contributed by atoms with van der Waals surface area (Å²) < 4.78 is 11.3. The Kier molecular flexibility index (Phi) is 1.67. The molecule has 2 saturated carbocycles. The lowest BCUT2D eigenvalue weighted by Gasteiger charge is -2.40. The summed E-state index contributed by atoms with van der Waals surface area (Å²) in [6.45, 7) is 2.50. The number of rotatable bonds is 1. The molecule has 0 aromatic heterocycles. The van der Waals surface area contributed by atoms with Crippen LogP contribution in [0.4, 0.5) is 0 Å². The highest BCUT2D eigenvalue weighted by Crippen LogP contribution is 2.55. The summed E-state index contributed by atoms with van der Waals surface area (Å²) in [4.78, 5) is 0. The van der Waals surface area contributed by atoms with Crippen molar-refractivity contribution in [2.45, 2.75) is 69.9 Å². The van der Waals surface area contributed by atoms with Gasteiger partial charge in [0.05, 0.1) is 24.4 Å². The van der Waals surface area contributed by atoms with Crippen LogP contribution in [0.2, 0.25) is 0 Å². The van der Waals surface area contributed by atoms with E-state index in [-0.39, 0.29) is 0 Å². The number of epoxide rings is 2. The Bertz CT molecular complexity index is 290. The van der Waals surface area contributed by atoms with Gasteiger partial charge >= 0.3 is 0 Å². The van der Waals surface area contributed by atoms with E-state index in [0.717, 1.165) is 5.92 Å². The summed E-state index contributed by atoms with van der Waals surface area (Å²) in [5.41, 5.74) is 0.564. The normalized spacial score (nSPS) is 61.8. The average molecular weight is 208 g/mol. The van der Waals surface area contributed by atoms with E-state index < -0.39 is 0 Å². The van der Waals surface area contributed by atoms with Gasteiger partial charge in [-0.2, -0.15) is 0 Å². The monoisotopic (exact) mass is 208 g/mol. The van der Waals surface area contributed by atoms with Crippen molar-refractivity contribution < 1.29 is 9.47 Å². The molecule has 6 atom stereocenters. The highest BCUT2D eigenvalue weighted by atomic mass is 16.6. The summed E-state index contributed by atoms with van der Waals surface area (Å²) in [5.74, 6) is 0.909. The molecule has 0 bridgehead atoms. The van der Waals surface area contributed by atoms with Gasteiger partial charge < -0.3 is 9.47 Å². The lowest BCUT2D eigenvalue weighted by Crippen LogP contribution is -2.35. The van der Waals surface area contributed by atoms with E-state index in [1.165, 1.54) is 38.5 Å². The van der Waals surface area contributed by atoms with Crippen molar-refractivity contribution in [1.29, 1.82) is 0 Å².